The number of benzene rings is 2. The third-order valence-electron chi connectivity index (χ3n) is 3.40. The quantitative estimate of drug-likeness (QED) is 0.764. The largest absolute Gasteiger partial charge is 0.508 e. The van der Waals surface area contributed by atoms with Crippen LogP contribution in [0.2, 0.25) is 0 Å². The first-order valence-electron chi connectivity index (χ1n) is 7.02. The highest BCUT2D eigenvalue weighted by Crippen LogP contribution is 2.15. The molecule has 1 atom stereocenters. The van der Waals surface area contributed by atoms with Crippen molar-refractivity contribution in [1.29, 1.82) is 0 Å². The van der Waals surface area contributed by atoms with Gasteiger partial charge in [-0.05, 0) is 55.2 Å². The van der Waals surface area contributed by atoms with Crippen molar-refractivity contribution in [3.8, 4) is 11.5 Å². The van der Waals surface area contributed by atoms with Crippen LogP contribution in [0.15, 0.2) is 42.5 Å². The van der Waals surface area contributed by atoms with Gasteiger partial charge < -0.3 is 15.5 Å². The summed E-state index contributed by atoms with van der Waals surface area (Å²) in [7, 11) is 0. The third kappa shape index (κ3) is 5.08. The van der Waals surface area contributed by atoms with Crippen LogP contribution in [0.5, 0.6) is 11.5 Å². The zero-order chi connectivity index (χ0) is 15.2. The van der Waals surface area contributed by atoms with Crippen molar-refractivity contribution >= 4 is 0 Å². The molecule has 0 spiro atoms. The summed E-state index contributed by atoms with van der Waals surface area (Å²) in [5.74, 6) is -0.206. The lowest BCUT2D eigenvalue weighted by atomic mass is 10.1. The molecule has 0 fully saturated rings. The van der Waals surface area contributed by atoms with Crippen LogP contribution in [0.4, 0.5) is 4.39 Å². The lowest BCUT2D eigenvalue weighted by Crippen LogP contribution is -2.26. The first-order valence-corrected chi connectivity index (χ1v) is 7.02. The Bertz CT molecular complexity index is 564. The lowest BCUT2D eigenvalue weighted by molar-refractivity contribution is 0.465. The van der Waals surface area contributed by atoms with E-state index in [9.17, 15) is 14.6 Å². The van der Waals surface area contributed by atoms with Crippen molar-refractivity contribution in [3.05, 3.63) is 59.4 Å². The normalized spacial score (nSPS) is 12.3. The Hall–Kier alpha value is -2.07. The number of aromatic hydroxyl groups is 2. The van der Waals surface area contributed by atoms with Crippen LogP contribution < -0.4 is 5.32 Å². The van der Waals surface area contributed by atoms with Crippen LogP contribution in [0.1, 0.15) is 24.5 Å². The van der Waals surface area contributed by atoms with E-state index < -0.39 is 5.82 Å². The fourth-order valence-corrected chi connectivity index (χ4v) is 2.18. The molecule has 21 heavy (non-hydrogen) atoms. The van der Waals surface area contributed by atoms with Crippen molar-refractivity contribution in [3.63, 3.8) is 0 Å². The van der Waals surface area contributed by atoms with Crippen molar-refractivity contribution < 1.29 is 14.6 Å². The van der Waals surface area contributed by atoms with Gasteiger partial charge in [-0.3, -0.25) is 0 Å². The van der Waals surface area contributed by atoms with E-state index in [1.54, 1.807) is 18.2 Å². The number of rotatable bonds is 6. The summed E-state index contributed by atoms with van der Waals surface area (Å²) < 4.78 is 13.1. The van der Waals surface area contributed by atoms with Gasteiger partial charge in [-0.15, -0.1) is 0 Å². The van der Waals surface area contributed by atoms with E-state index in [1.807, 2.05) is 12.1 Å². The highest BCUT2D eigenvalue weighted by molar-refractivity contribution is 5.28. The van der Waals surface area contributed by atoms with Crippen LogP contribution in [0.25, 0.3) is 0 Å². The van der Waals surface area contributed by atoms with Crippen LogP contribution in [-0.4, -0.2) is 16.3 Å². The molecule has 3 N–H and O–H groups in total. The molecule has 0 bridgehead atoms. The van der Waals surface area contributed by atoms with E-state index >= 15 is 0 Å². The molecule has 0 aromatic heterocycles. The molecular formula is C17H20FNO2. The number of hydrogen-bond donors (Lipinski definition) is 3. The first kappa shape index (κ1) is 15.3. The second-order valence-electron chi connectivity index (χ2n) is 5.30. The summed E-state index contributed by atoms with van der Waals surface area (Å²) in [6.45, 7) is 2.58. The monoisotopic (exact) mass is 289 g/mol. The molecule has 0 aliphatic rings. The molecule has 0 saturated carbocycles. The molecule has 2 aromatic carbocycles. The van der Waals surface area contributed by atoms with Gasteiger partial charge in [-0.1, -0.05) is 12.1 Å². The fourth-order valence-electron chi connectivity index (χ4n) is 2.18. The Balaban J connectivity index is 1.79. The van der Waals surface area contributed by atoms with Gasteiger partial charge in [0.25, 0.3) is 0 Å². The van der Waals surface area contributed by atoms with E-state index in [1.165, 1.54) is 11.6 Å². The third-order valence-corrected chi connectivity index (χ3v) is 3.40. The maximum atomic E-state index is 13.1. The van der Waals surface area contributed by atoms with Gasteiger partial charge in [-0.2, -0.15) is 0 Å². The molecule has 3 nitrogen and oxygen atoms in total. The maximum Gasteiger partial charge on any atom is 0.127 e. The number of phenols is 2. The van der Waals surface area contributed by atoms with E-state index in [-0.39, 0.29) is 17.5 Å². The highest BCUT2D eigenvalue weighted by Gasteiger charge is 2.05. The van der Waals surface area contributed by atoms with Crippen molar-refractivity contribution in [1.82, 2.24) is 5.32 Å². The lowest BCUT2D eigenvalue weighted by Gasteiger charge is -2.14. The summed E-state index contributed by atoms with van der Waals surface area (Å²) in [5, 5.41) is 21.9. The van der Waals surface area contributed by atoms with Crippen LogP contribution in [-0.2, 0) is 13.0 Å². The van der Waals surface area contributed by atoms with E-state index in [0.29, 0.717) is 6.54 Å². The van der Waals surface area contributed by atoms with Gasteiger partial charge in [0.1, 0.15) is 17.3 Å². The minimum atomic E-state index is -0.427. The van der Waals surface area contributed by atoms with Crippen LogP contribution in [0, 0.1) is 5.82 Å². The zero-order valence-electron chi connectivity index (χ0n) is 12.0. The number of nitrogens with one attached hydrogen (secondary N) is 1. The Kier molecular flexibility index (Phi) is 5.17. The molecule has 2 rings (SSSR count). The highest BCUT2D eigenvalue weighted by atomic mass is 19.1. The second-order valence-corrected chi connectivity index (χ2v) is 5.30. The van der Waals surface area contributed by atoms with Gasteiger partial charge in [0.2, 0.25) is 0 Å². The molecule has 0 heterocycles. The number of phenolic OH excluding ortho intramolecular Hbond substituents is 2. The van der Waals surface area contributed by atoms with Gasteiger partial charge in [0.15, 0.2) is 0 Å². The average molecular weight is 289 g/mol. The fraction of sp³-hybridized carbons (Fsp3) is 0.294. The topological polar surface area (TPSA) is 52.5 Å². The molecule has 0 radical (unpaired) electrons. The van der Waals surface area contributed by atoms with Gasteiger partial charge in [0, 0.05) is 18.7 Å². The Morgan fingerprint density at radius 3 is 2.38 bits per heavy atom. The second kappa shape index (κ2) is 7.09. The molecule has 2 aromatic rings. The predicted molar refractivity (Wildman–Crippen MR) is 80.8 cm³/mol. The van der Waals surface area contributed by atoms with Gasteiger partial charge in [-0.25, -0.2) is 4.39 Å². The summed E-state index contributed by atoms with van der Waals surface area (Å²) in [4.78, 5) is 0. The minimum absolute atomic E-state index is 0.0523. The van der Waals surface area contributed by atoms with Gasteiger partial charge in [0.05, 0.1) is 0 Å². The van der Waals surface area contributed by atoms with Gasteiger partial charge >= 0.3 is 0 Å². The van der Waals surface area contributed by atoms with Crippen molar-refractivity contribution in [2.45, 2.75) is 32.4 Å². The molecule has 0 aliphatic carbocycles. The van der Waals surface area contributed by atoms with Crippen LogP contribution in [0.3, 0.4) is 0 Å². The first-order chi connectivity index (χ1) is 10.0. The molecule has 0 aliphatic heterocycles. The summed E-state index contributed by atoms with van der Waals surface area (Å²) in [5.41, 5.74) is 1.90. The standard InChI is InChI=1S/C17H20FNO2/c1-12(2-3-13-4-6-16(20)7-5-13)19-11-14-8-15(18)10-17(21)9-14/h4-10,12,19-21H,2-3,11H2,1H3. The number of hydrogen-bond acceptors (Lipinski definition) is 3. The van der Waals surface area contributed by atoms with E-state index in [0.717, 1.165) is 24.5 Å². The Morgan fingerprint density at radius 1 is 1.00 bits per heavy atom. The SMILES string of the molecule is CC(CCc1ccc(O)cc1)NCc1cc(O)cc(F)c1. The Labute approximate surface area is 124 Å². The predicted octanol–water partition coefficient (Wildman–Crippen LogP) is 3.35. The smallest absolute Gasteiger partial charge is 0.127 e. The summed E-state index contributed by atoms with van der Waals surface area (Å²) in [6.07, 6.45) is 1.84. The zero-order valence-corrected chi connectivity index (χ0v) is 12.0. The molecule has 1 unspecified atom stereocenters. The molecule has 112 valence electrons. The summed E-state index contributed by atoms with van der Waals surface area (Å²) >= 11 is 0. The number of halogens is 1. The molecule has 0 amide bonds. The molecule has 4 heteroatoms. The van der Waals surface area contributed by atoms with Crippen molar-refractivity contribution in [2.75, 3.05) is 0 Å². The van der Waals surface area contributed by atoms with Crippen LogP contribution >= 0.6 is 0 Å². The summed E-state index contributed by atoms with van der Waals surface area (Å²) in [6, 6.07) is 11.5. The number of aryl methyl sites for hydroxylation is 1. The van der Waals surface area contributed by atoms with Crippen molar-refractivity contribution in [2.24, 2.45) is 0 Å². The minimum Gasteiger partial charge on any atom is -0.508 e. The molecule has 0 saturated heterocycles. The van der Waals surface area contributed by atoms with E-state index in [4.69, 9.17) is 0 Å². The Morgan fingerprint density at radius 2 is 1.71 bits per heavy atom. The maximum absolute atomic E-state index is 13.1. The molecular weight excluding hydrogens is 269 g/mol. The van der Waals surface area contributed by atoms with E-state index in [2.05, 4.69) is 12.2 Å². The average Bonchev–Trinajstić information content (AvgIpc) is 2.43.